The summed E-state index contributed by atoms with van der Waals surface area (Å²) >= 11 is 0.747. The molecule has 0 aromatic heterocycles. The van der Waals surface area contributed by atoms with E-state index in [4.69, 9.17) is 94.7 Å². The Morgan fingerprint density at radius 3 is 0.448 bits per heavy atom. The van der Waals surface area contributed by atoms with Crippen LogP contribution in [-0.4, -0.2) is 379 Å². The maximum absolute atomic E-state index is 10.1. The van der Waals surface area contributed by atoms with Crippen molar-refractivity contribution in [1.29, 1.82) is 0 Å². The van der Waals surface area contributed by atoms with Crippen LogP contribution in [0.3, 0.4) is 0 Å². The monoisotopic (exact) mass is 2580 g/mol. The van der Waals surface area contributed by atoms with Crippen LogP contribution in [0, 0.1) is 0 Å². The van der Waals surface area contributed by atoms with Gasteiger partial charge in [0.25, 0.3) is 0 Å². The minimum absolute atomic E-state index is 0.149. The molecule has 35 heteroatoms. The third-order valence-corrected chi connectivity index (χ3v) is 45.4. The quantitative estimate of drug-likeness (QED) is 0.0129. The molecule has 10 fully saturated rings. The Bertz CT molecular complexity index is 3250. The van der Waals surface area contributed by atoms with E-state index in [1.54, 1.807) is 44.4 Å². The molecule has 0 aliphatic carbocycles. The predicted octanol–water partition coefficient (Wildman–Crippen LogP) is 16.6. The van der Waals surface area contributed by atoms with Gasteiger partial charge in [0.1, 0.15) is 122 Å². The number of hydrogen-bond donors (Lipinski definition) is 10. The zero-order chi connectivity index (χ0) is 105. The summed E-state index contributed by atoms with van der Waals surface area (Å²) in [6, 6.07) is 47.2. The number of fused-ring (bicyclic) bond motifs is 5. The molecule has 30 nitrogen and oxygen atoms in total. The van der Waals surface area contributed by atoms with Crippen LogP contribution in [0.15, 0.2) is 152 Å². The van der Waals surface area contributed by atoms with Crippen molar-refractivity contribution >= 4 is 106 Å². The number of ether oxygens (including phenoxy) is 20. The molecule has 10 radical (unpaired) electrons. The van der Waals surface area contributed by atoms with Gasteiger partial charge in [0.15, 0.2) is 62.9 Å². The van der Waals surface area contributed by atoms with Gasteiger partial charge in [0.05, 0.1) is 33.0 Å². The number of aliphatic hydroxyl groups is 10. The zero-order valence-corrected chi connectivity index (χ0v) is 103. The number of aliphatic hydroxyl groups excluding tert-OH is 10. The SMILES string of the molecule is CCC[CH2][Sn][CH2]CCC.CCC[CH2][Sn][CH2]CCC.CCC[CH2][Sn][CH2]CCC.CCC[CH2][Sn][CH2]CCC.CCC[CH2][Sn][CH2]CCC.COC1OC2COC(c3ccccc3)OC2C(O)C1O.COC1OC2COC(c3ccccc3)OC2C(O)C1O.COC1OC2COC(c3ccccc3)OC2C(O)C1O.COC1OC2COC(c3ccccc3)OC2C(O)C1O.COC1OC2COC(c3ccccc3)OC2C(O)C1O. The molecule has 0 amide bonds. The molecule has 10 heterocycles. The van der Waals surface area contributed by atoms with E-state index in [9.17, 15) is 51.1 Å². The van der Waals surface area contributed by atoms with Crippen molar-refractivity contribution in [2.24, 2.45) is 0 Å². The summed E-state index contributed by atoms with van der Waals surface area (Å²) < 4.78 is 126. The summed E-state index contributed by atoms with van der Waals surface area (Å²) in [6.07, 6.45) is 5.41. The second kappa shape index (κ2) is 80.6. The average molecular weight is 2580 g/mol. The third-order valence-electron chi connectivity index (χ3n) is 25.3. The van der Waals surface area contributed by atoms with Crippen molar-refractivity contribution in [3.05, 3.63) is 179 Å². The Morgan fingerprint density at radius 1 is 0.200 bits per heavy atom. The van der Waals surface area contributed by atoms with E-state index in [2.05, 4.69) is 69.2 Å². The summed E-state index contributed by atoms with van der Waals surface area (Å²) in [4.78, 5) is 0. The molecule has 10 aliphatic rings. The summed E-state index contributed by atoms with van der Waals surface area (Å²) in [5.41, 5.74) is 4.31. The van der Waals surface area contributed by atoms with Gasteiger partial charge in [0, 0.05) is 63.4 Å². The van der Waals surface area contributed by atoms with Crippen LogP contribution >= 0.6 is 0 Å². The van der Waals surface area contributed by atoms with Gasteiger partial charge in [0.2, 0.25) is 0 Å². The standard InChI is InChI=1S/5C14H18O6.10C4H9.5Sn/c5*1-17-14-11(16)10(15)12-9(19-14)7-18-13(20-12)8-5-3-2-4-6-8;10*1-3-4-2;;;;;/h5*2-6,9-16H,7H2,1H3;10*1,3-4H2,2H3;;;;;. The van der Waals surface area contributed by atoms with E-state index in [0.717, 1.165) is 27.8 Å². The molecule has 0 spiro atoms. The molecular formula is C110H180O30Sn5. The van der Waals surface area contributed by atoms with Crippen LogP contribution < -0.4 is 0 Å². The van der Waals surface area contributed by atoms with Gasteiger partial charge in [-0.1, -0.05) is 152 Å². The first-order valence-electron chi connectivity index (χ1n) is 53.4. The molecule has 145 heavy (non-hydrogen) atoms. The van der Waals surface area contributed by atoms with Gasteiger partial charge in [-0.25, -0.2) is 0 Å². The van der Waals surface area contributed by atoms with E-state index in [1.807, 2.05) is 152 Å². The minimum Gasteiger partial charge on any atom is -0.387 e. The maximum Gasteiger partial charge on any atom is 0.186 e. The number of rotatable bonds is 40. The van der Waals surface area contributed by atoms with Gasteiger partial charge in [-0.3, -0.25) is 0 Å². The normalized spacial score (nSPS) is 31.5. The number of benzene rings is 5. The maximum atomic E-state index is 10.1. The molecule has 0 bridgehead atoms. The van der Waals surface area contributed by atoms with E-state index >= 15 is 0 Å². The van der Waals surface area contributed by atoms with Gasteiger partial charge in [-0.2, -0.15) is 0 Å². The van der Waals surface area contributed by atoms with Crippen LogP contribution in [0.1, 0.15) is 257 Å². The number of methoxy groups -OCH3 is 5. The minimum atomic E-state index is -1.14. The van der Waals surface area contributed by atoms with Crippen molar-refractivity contribution < 1.29 is 146 Å². The van der Waals surface area contributed by atoms with Crippen LogP contribution in [-0.2, 0) is 94.7 Å². The molecule has 10 N–H and O–H groups in total. The topological polar surface area (TPSA) is 387 Å². The van der Waals surface area contributed by atoms with Gasteiger partial charge >= 0.3 is 348 Å². The summed E-state index contributed by atoms with van der Waals surface area (Å²) in [5.74, 6) is 0. The molecule has 15 rings (SSSR count). The van der Waals surface area contributed by atoms with Crippen LogP contribution in [0.5, 0.6) is 0 Å². The summed E-state index contributed by atoms with van der Waals surface area (Å²) in [7, 11) is 7.07. The summed E-state index contributed by atoms with van der Waals surface area (Å²) in [6.45, 7) is 24.3. The van der Waals surface area contributed by atoms with E-state index in [-0.39, 0.29) is 139 Å². The first-order chi connectivity index (χ1) is 70.6. The Balaban J connectivity index is 0.000000252. The molecular weight excluding hydrogens is 2390 g/mol. The second-order valence-electron chi connectivity index (χ2n) is 37.0. The fraction of sp³-hybridized carbons (Fsp3) is 0.727. The van der Waals surface area contributed by atoms with Gasteiger partial charge in [-0.05, 0) is 0 Å². The van der Waals surface area contributed by atoms with Crippen molar-refractivity contribution in [1.82, 2.24) is 0 Å². The zero-order valence-electron chi connectivity index (χ0n) is 89.1. The molecule has 10 saturated heterocycles. The van der Waals surface area contributed by atoms with E-state index < -0.39 is 185 Å². The molecule has 10 aliphatic heterocycles. The molecule has 820 valence electrons. The van der Waals surface area contributed by atoms with Gasteiger partial charge < -0.3 is 146 Å². The van der Waals surface area contributed by atoms with E-state index in [1.165, 1.54) is 164 Å². The van der Waals surface area contributed by atoms with Crippen molar-refractivity contribution in [2.75, 3.05) is 68.6 Å². The van der Waals surface area contributed by atoms with Crippen LogP contribution in [0.25, 0.3) is 0 Å². The average Bonchev–Trinajstić information content (AvgIpc) is 0.804. The van der Waals surface area contributed by atoms with Crippen LogP contribution in [0.4, 0.5) is 0 Å². The molecule has 5 aromatic carbocycles. The third kappa shape index (κ3) is 47.7. The Labute approximate surface area is 918 Å². The predicted molar refractivity (Wildman–Crippen MR) is 564 cm³/mol. The van der Waals surface area contributed by atoms with E-state index in [0.29, 0.717) is 0 Å². The smallest absolute Gasteiger partial charge is 0.186 e. The fourth-order valence-corrected chi connectivity index (χ4v) is 37.2. The molecule has 30 unspecified atom stereocenters. The van der Waals surface area contributed by atoms with Crippen molar-refractivity contribution in [3.63, 3.8) is 0 Å². The Morgan fingerprint density at radius 2 is 0.331 bits per heavy atom. The number of unbranched alkanes of at least 4 members (excludes halogenated alkanes) is 10. The molecule has 5 aromatic rings. The Kier molecular flexibility index (Phi) is 73.7. The molecule has 30 atom stereocenters. The van der Waals surface area contributed by atoms with Crippen LogP contribution in [0.2, 0.25) is 44.4 Å². The first kappa shape index (κ1) is 133. The first-order valence-corrected chi connectivity index (χ1v) is 73.6. The largest absolute Gasteiger partial charge is 0.387 e. The number of hydrogen-bond acceptors (Lipinski definition) is 30. The fourth-order valence-electron chi connectivity index (χ4n) is 16.4. The summed E-state index contributed by atoms with van der Waals surface area (Å²) in [5, 5.41) is 100. The molecule has 0 saturated carbocycles. The van der Waals surface area contributed by atoms with Crippen molar-refractivity contribution in [3.8, 4) is 0 Å². The van der Waals surface area contributed by atoms with Crippen molar-refractivity contribution in [2.45, 2.75) is 427 Å². The van der Waals surface area contributed by atoms with Gasteiger partial charge in [-0.15, -0.1) is 0 Å². The second-order valence-corrected chi connectivity index (χ2v) is 58.4. The Hall–Kier alpha value is -1.11.